The molecule has 1 N–H and O–H groups in total. The number of nitrogens with zero attached hydrogens (tertiary/aromatic N) is 1. The Morgan fingerprint density at radius 2 is 1.67 bits per heavy atom. The van der Waals surface area contributed by atoms with Gasteiger partial charge in [-0.15, -0.1) is 0 Å². The van der Waals surface area contributed by atoms with Gasteiger partial charge in [-0.05, 0) is 47.7 Å². The van der Waals surface area contributed by atoms with E-state index in [0.29, 0.717) is 12.2 Å². The van der Waals surface area contributed by atoms with Crippen LogP contribution in [0.5, 0.6) is 0 Å². The molecule has 0 aliphatic carbocycles. The van der Waals surface area contributed by atoms with Gasteiger partial charge in [0.25, 0.3) is 0 Å². The monoisotopic (exact) mass is 424 g/mol. The molecular weight excluding hydrogens is 396 g/mol. The highest BCUT2D eigenvalue weighted by molar-refractivity contribution is 7.92. The van der Waals surface area contributed by atoms with Crippen molar-refractivity contribution in [2.24, 2.45) is 5.92 Å². The topological polar surface area (TPSA) is 66.5 Å². The summed E-state index contributed by atoms with van der Waals surface area (Å²) in [4.78, 5) is 12.5. The van der Waals surface area contributed by atoms with Crippen LogP contribution in [0.3, 0.4) is 0 Å². The second-order valence-corrected chi connectivity index (χ2v) is 9.76. The lowest BCUT2D eigenvalue weighted by atomic mass is 9.96. The minimum atomic E-state index is -3.56. The number of nitrogens with one attached hydrogen (secondary N) is 1. The summed E-state index contributed by atoms with van der Waals surface area (Å²) >= 11 is 0. The second-order valence-electron chi connectivity index (χ2n) is 7.86. The van der Waals surface area contributed by atoms with E-state index < -0.39 is 10.0 Å². The molecular formula is C24H28N2O3S. The molecule has 5 nitrogen and oxygen atoms in total. The standard InChI is InChI=1S/C24H28N2O3S/c1-18-11-13-22(14-12-18)26(30(3,28)29)17-24(27)25-16-19(2)15-21-9-6-8-20-7-4-5-10-23(20)21/h4-14,19H,15-17H2,1-3H3,(H,25,27). The smallest absolute Gasteiger partial charge is 0.240 e. The Morgan fingerprint density at radius 3 is 2.37 bits per heavy atom. The first-order valence-electron chi connectivity index (χ1n) is 10.0. The maximum Gasteiger partial charge on any atom is 0.240 e. The minimum Gasteiger partial charge on any atom is -0.354 e. The zero-order valence-electron chi connectivity index (χ0n) is 17.6. The number of fused-ring (bicyclic) bond motifs is 1. The molecule has 0 bridgehead atoms. The molecule has 0 aliphatic heterocycles. The number of hydrogen-bond acceptors (Lipinski definition) is 3. The van der Waals surface area contributed by atoms with E-state index in [4.69, 9.17) is 0 Å². The van der Waals surface area contributed by atoms with Crippen LogP contribution < -0.4 is 9.62 Å². The molecule has 3 aromatic carbocycles. The molecule has 6 heteroatoms. The number of amides is 1. The van der Waals surface area contributed by atoms with E-state index in [9.17, 15) is 13.2 Å². The van der Waals surface area contributed by atoms with Crippen LogP contribution in [0.1, 0.15) is 18.1 Å². The highest BCUT2D eigenvalue weighted by Gasteiger charge is 2.21. The summed E-state index contributed by atoms with van der Waals surface area (Å²) in [5.41, 5.74) is 2.76. The van der Waals surface area contributed by atoms with Gasteiger partial charge in [0.15, 0.2) is 0 Å². The van der Waals surface area contributed by atoms with Gasteiger partial charge in [0.1, 0.15) is 6.54 Å². The van der Waals surface area contributed by atoms with Gasteiger partial charge in [0.05, 0.1) is 11.9 Å². The zero-order chi connectivity index (χ0) is 21.7. The van der Waals surface area contributed by atoms with E-state index >= 15 is 0 Å². The van der Waals surface area contributed by atoms with Gasteiger partial charge in [-0.2, -0.15) is 0 Å². The molecule has 0 aromatic heterocycles. The first kappa shape index (κ1) is 21.8. The molecule has 3 aromatic rings. The van der Waals surface area contributed by atoms with Crippen LogP contribution in [0.4, 0.5) is 5.69 Å². The van der Waals surface area contributed by atoms with E-state index in [1.165, 1.54) is 16.3 Å². The third kappa shape index (κ3) is 5.60. The van der Waals surface area contributed by atoms with Gasteiger partial charge in [-0.25, -0.2) is 8.42 Å². The summed E-state index contributed by atoms with van der Waals surface area (Å²) in [5, 5.41) is 5.31. The van der Waals surface area contributed by atoms with Crippen molar-refractivity contribution in [2.75, 3.05) is 23.7 Å². The third-order valence-corrected chi connectivity index (χ3v) is 6.25. The lowest BCUT2D eigenvalue weighted by Gasteiger charge is -2.22. The van der Waals surface area contributed by atoms with Gasteiger partial charge in [-0.1, -0.05) is 67.1 Å². The molecule has 3 rings (SSSR count). The van der Waals surface area contributed by atoms with Crippen molar-refractivity contribution in [2.45, 2.75) is 20.3 Å². The molecule has 0 saturated heterocycles. The molecule has 0 fully saturated rings. The van der Waals surface area contributed by atoms with Crippen LogP contribution in [-0.4, -0.2) is 33.7 Å². The fourth-order valence-electron chi connectivity index (χ4n) is 3.50. The lowest BCUT2D eigenvalue weighted by Crippen LogP contribution is -2.41. The fourth-order valence-corrected chi connectivity index (χ4v) is 4.36. The number of carbonyl (C=O) groups is 1. The normalized spacial score (nSPS) is 12.5. The van der Waals surface area contributed by atoms with E-state index in [1.54, 1.807) is 12.1 Å². The van der Waals surface area contributed by atoms with Crippen molar-refractivity contribution in [1.29, 1.82) is 0 Å². The zero-order valence-corrected chi connectivity index (χ0v) is 18.4. The van der Waals surface area contributed by atoms with Crippen molar-refractivity contribution in [1.82, 2.24) is 5.32 Å². The van der Waals surface area contributed by atoms with Gasteiger partial charge in [0, 0.05) is 6.54 Å². The summed E-state index contributed by atoms with van der Waals surface area (Å²) in [6.45, 7) is 4.26. The SMILES string of the molecule is Cc1ccc(N(CC(=O)NCC(C)Cc2cccc3ccccc23)S(C)(=O)=O)cc1. The van der Waals surface area contributed by atoms with E-state index in [2.05, 4.69) is 42.6 Å². The largest absolute Gasteiger partial charge is 0.354 e. The number of aryl methyl sites for hydroxylation is 1. The maximum atomic E-state index is 12.5. The molecule has 30 heavy (non-hydrogen) atoms. The van der Waals surface area contributed by atoms with Crippen LogP contribution in [0.25, 0.3) is 10.8 Å². The molecule has 0 saturated carbocycles. The summed E-state index contributed by atoms with van der Waals surface area (Å²) in [6, 6.07) is 21.6. The van der Waals surface area contributed by atoms with Gasteiger partial charge in [0.2, 0.25) is 15.9 Å². The van der Waals surface area contributed by atoms with Crippen molar-refractivity contribution >= 4 is 32.4 Å². The van der Waals surface area contributed by atoms with E-state index in [0.717, 1.165) is 22.5 Å². The van der Waals surface area contributed by atoms with Gasteiger partial charge < -0.3 is 5.32 Å². The molecule has 0 aliphatic rings. The molecule has 1 unspecified atom stereocenters. The minimum absolute atomic E-state index is 0.214. The van der Waals surface area contributed by atoms with Gasteiger partial charge in [-0.3, -0.25) is 9.10 Å². The number of sulfonamides is 1. The highest BCUT2D eigenvalue weighted by atomic mass is 32.2. The summed E-state index contributed by atoms with van der Waals surface area (Å²) in [6.07, 6.45) is 1.94. The van der Waals surface area contributed by atoms with Crippen molar-refractivity contribution < 1.29 is 13.2 Å². The average Bonchev–Trinajstić information content (AvgIpc) is 2.71. The molecule has 1 amide bonds. The number of anilines is 1. The number of hydrogen-bond donors (Lipinski definition) is 1. The Morgan fingerprint density at radius 1 is 1.00 bits per heavy atom. The Bertz CT molecular complexity index is 1120. The predicted octanol–water partition coefficient (Wildman–Crippen LogP) is 3.91. The Balaban J connectivity index is 1.61. The number of rotatable bonds is 8. The van der Waals surface area contributed by atoms with Crippen LogP contribution in [0, 0.1) is 12.8 Å². The maximum absolute atomic E-state index is 12.5. The molecule has 0 heterocycles. The number of carbonyl (C=O) groups excluding carboxylic acids is 1. The molecule has 0 radical (unpaired) electrons. The predicted molar refractivity (Wildman–Crippen MR) is 123 cm³/mol. The summed E-state index contributed by atoms with van der Waals surface area (Å²) < 4.78 is 25.5. The van der Waals surface area contributed by atoms with Crippen molar-refractivity contribution in [3.63, 3.8) is 0 Å². The van der Waals surface area contributed by atoms with Crippen LogP contribution in [0.15, 0.2) is 66.7 Å². The molecule has 0 spiro atoms. The fraction of sp³-hybridized carbons (Fsp3) is 0.292. The van der Waals surface area contributed by atoms with Gasteiger partial charge >= 0.3 is 0 Å². The summed E-state index contributed by atoms with van der Waals surface area (Å²) in [7, 11) is -3.56. The number of benzene rings is 3. The Hall–Kier alpha value is -2.86. The Labute approximate surface area is 178 Å². The molecule has 1 atom stereocenters. The van der Waals surface area contributed by atoms with E-state index in [1.807, 2.05) is 31.2 Å². The average molecular weight is 425 g/mol. The van der Waals surface area contributed by atoms with Crippen molar-refractivity contribution in [3.05, 3.63) is 77.9 Å². The van der Waals surface area contributed by atoms with Crippen LogP contribution in [0.2, 0.25) is 0 Å². The van der Waals surface area contributed by atoms with E-state index in [-0.39, 0.29) is 18.4 Å². The second kappa shape index (κ2) is 9.30. The quantitative estimate of drug-likeness (QED) is 0.596. The van der Waals surface area contributed by atoms with Crippen LogP contribution >= 0.6 is 0 Å². The summed E-state index contributed by atoms with van der Waals surface area (Å²) in [5.74, 6) is -0.100. The van der Waals surface area contributed by atoms with Crippen LogP contribution in [-0.2, 0) is 21.2 Å². The highest BCUT2D eigenvalue weighted by Crippen LogP contribution is 2.21. The third-order valence-electron chi connectivity index (χ3n) is 5.11. The Kier molecular flexibility index (Phi) is 6.77. The molecule has 158 valence electrons. The first-order chi connectivity index (χ1) is 14.2. The lowest BCUT2D eigenvalue weighted by molar-refractivity contribution is -0.119. The van der Waals surface area contributed by atoms with Crippen molar-refractivity contribution in [3.8, 4) is 0 Å². The first-order valence-corrected chi connectivity index (χ1v) is 11.9.